The molecule has 0 atom stereocenters. The zero-order valence-corrected chi connectivity index (χ0v) is 12.3. The van der Waals surface area contributed by atoms with E-state index in [1.54, 1.807) is 0 Å². The van der Waals surface area contributed by atoms with E-state index in [0.717, 1.165) is 24.3 Å². The first-order valence-electron chi connectivity index (χ1n) is 7.02. The highest BCUT2D eigenvalue weighted by Gasteiger charge is 2.24. The summed E-state index contributed by atoms with van der Waals surface area (Å²) in [4.78, 5) is 0. The fraction of sp³-hybridized carbons (Fsp3) is 0.438. The van der Waals surface area contributed by atoms with Crippen LogP contribution in [0.2, 0.25) is 0 Å². The molecule has 2 heterocycles. The Morgan fingerprint density at radius 1 is 1.25 bits per heavy atom. The Kier molecular flexibility index (Phi) is 3.05. The lowest BCUT2D eigenvalue weighted by Crippen LogP contribution is -2.18. The van der Waals surface area contributed by atoms with Crippen LogP contribution in [0.3, 0.4) is 0 Å². The largest absolute Gasteiger partial charge is 0.382 e. The number of benzene rings is 1. The van der Waals surface area contributed by atoms with Gasteiger partial charge in [0.15, 0.2) is 5.82 Å². The van der Waals surface area contributed by atoms with Crippen LogP contribution in [0.1, 0.15) is 37.6 Å². The molecule has 1 aliphatic rings. The molecule has 3 rings (SSSR count). The van der Waals surface area contributed by atoms with Crippen LogP contribution in [0.15, 0.2) is 24.3 Å². The molecule has 0 radical (unpaired) electrons. The molecule has 20 heavy (non-hydrogen) atoms. The van der Waals surface area contributed by atoms with Crippen LogP contribution in [-0.4, -0.2) is 16.4 Å². The van der Waals surface area contributed by atoms with Gasteiger partial charge in [-0.25, -0.2) is 4.68 Å². The van der Waals surface area contributed by atoms with Gasteiger partial charge in [0.2, 0.25) is 0 Å². The standard InChI is InChI=1S/C16H21N3O/c1-16(2,3)12-6-4-5-7-14(12)19-13-8-9-20-10-11(13)15(17)18-19/h4-7H,8-10H2,1-3H3,(H2,17,18). The van der Waals surface area contributed by atoms with Crippen LogP contribution in [-0.2, 0) is 23.2 Å². The maximum absolute atomic E-state index is 6.05. The van der Waals surface area contributed by atoms with Crippen LogP contribution in [0.25, 0.3) is 5.69 Å². The molecule has 106 valence electrons. The maximum atomic E-state index is 6.05. The third-order valence-corrected chi connectivity index (χ3v) is 3.79. The summed E-state index contributed by atoms with van der Waals surface area (Å²) < 4.78 is 7.50. The number of hydrogen-bond donors (Lipinski definition) is 1. The van der Waals surface area contributed by atoms with E-state index in [1.807, 2.05) is 10.7 Å². The molecule has 2 aromatic rings. The summed E-state index contributed by atoms with van der Waals surface area (Å²) in [5.74, 6) is 0.586. The molecule has 1 aromatic heterocycles. The minimum absolute atomic E-state index is 0.0648. The van der Waals surface area contributed by atoms with Crippen molar-refractivity contribution in [3.8, 4) is 5.69 Å². The normalized spacial score (nSPS) is 15.2. The van der Waals surface area contributed by atoms with Gasteiger partial charge in [0, 0.05) is 12.0 Å². The maximum Gasteiger partial charge on any atom is 0.151 e. The smallest absolute Gasteiger partial charge is 0.151 e. The Morgan fingerprint density at radius 3 is 2.75 bits per heavy atom. The molecular weight excluding hydrogens is 250 g/mol. The lowest BCUT2D eigenvalue weighted by atomic mass is 9.86. The van der Waals surface area contributed by atoms with Crippen LogP contribution in [0.4, 0.5) is 5.82 Å². The Bertz CT molecular complexity index is 638. The summed E-state index contributed by atoms with van der Waals surface area (Å²) >= 11 is 0. The van der Waals surface area contributed by atoms with E-state index in [0.29, 0.717) is 12.4 Å². The zero-order chi connectivity index (χ0) is 14.3. The van der Waals surface area contributed by atoms with Crippen LogP contribution < -0.4 is 5.73 Å². The molecule has 1 aliphatic heterocycles. The summed E-state index contributed by atoms with van der Waals surface area (Å²) in [6, 6.07) is 8.41. The summed E-state index contributed by atoms with van der Waals surface area (Å²) in [6.45, 7) is 7.95. The second-order valence-corrected chi connectivity index (χ2v) is 6.29. The van der Waals surface area contributed by atoms with Gasteiger partial charge in [0.25, 0.3) is 0 Å². The van der Waals surface area contributed by atoms with E-state index < -0.39 is 0 Å². The van der Waals surface area contributed by atoms with Crippen LogP contribution >= 0.6 is 0 Å². The number of ether oxygens (including phenoxy) is 1. The van der Waals surface area contributed by atoms with Crippen molar-refractivity contribution in [2.24, 2.45) is 0 Å². The summed E-state index contributed by atoms with van der Waals surface area (Å²) in [5.41, 5.74) is 10.7. The van der Waals surface area contributed by atoms with Crippen molar-refractivity contribution in [2.45, 2.75) is 39.2 Å². The second kappa shape index (κ2) is 4.63. The number of nitrogen functional groups attached to an aromatic ring is 1. The monoisotopic (exact) mass is 271 g/mol. The van der Waals surface area contributed by atoms with Crippen molar-refractivity contribution >= 4 is 5.82 Å². The average Bonchev–Trinajstić information content (AvgIpc) is 2.76. The fourth-order valence-electron chi connectivity index (χ4n) is 2.75. The Labute approximate surface area is 119 Å². The Morgan fingerprint density at radius 2 is 2.00 bits per heavy atom. The number of para-hydroxylation sites is 1. The van der Waals surface area contributed by atoms with Crippen molar-refractivity contribution in [1.29, 1.82) is 0 Å². The molecular formula is C16H21N3O. The third kappa shape index (κ3) is 2.10. The SMILES string of the molecule is CC(C)(C)c1ccccc1-n1nc(N)c2c1CCOC2. The van der Waals surface area contributed by atoms with E-state index in [1.165, 1.54) is 11.3 Å². The topological polar surface area (TPSA) is 53.1 Å². The predicted octanol–water partition coefficient (Wildman–Crippen LogP) is 2.82. The lowest BCUT2D eigenvalue weighted by Gasteiger charge is -2.24. The van der Waals surface area contributed by atoms with E-state index >= 15 is 0 Å². The first kappa shape index (κ1) is 13.2. The van der Waals surface area contributed by atoms with Gasteiger partial charge in [-0.2, -0.15) is 5.10 Å². The van der Waals surface area contributed by atoms with Gasteiger partial charge in [0.1, 0.15) is 0 Å². The molecule has 0 fully saturated rings. The molecule has 0 aliphatic carbocycles. The minimum atomic E-state index is 0.0648. The van der Waals surface area contributed by atoms with E-state index in [4.69, 9.17) is 10.5 Å². The Balaban J connectivity index is 2.20. The molecule has 0 bridgehead atoms. The molecule has 0 saturated carbocycles. The van der Waals surface area contributed by atoms with Crippen molar-refractivity contribution < 1.29 is 4.74 Å². The van der Waals surface area contributed by atoms with Gasteiger partial charge < -0.3 is 10.5 Å². The second-order valence-electron chi connectivity index (χ2n) is 6.29. The molecule has 0 amide bonds. The predicted molar refractivity (Wildman–Crippen MR) is 80.0 cm³/mol. The van der Waals surface area contributed by atoms with Gasteiger partial charge in [-0.1, -0.05) is 39.0 Å². The van der Waals surface area contributed by atoms with Gasteiger partial charge in [-0.05, 0) is 17.0 Å². The minimum Gasteiger partial charge on any atom is -0.382 e. The number of aromatic nitrogens is 2. The molecule has 4 heteroatoms. The van der Waals surface area contributed by atoms with E-state index in [9.17, 15) is 0 Å². The number of fused-ring (bicyclic) bond motifs is 1. The van der Waals surface area contributed by atoms with E-state index in [-0.39, 0.29) is 5.41 Å². The van der Waals surface area contributed by atoms with Crippen molar-refractivity contribution in [3.05, 3.63) is 41.1 Å². The highest BCUT2D eigenvalue weighted by molar-refractivity contribution is 5.51. The van der Waals surface area contributed by atoms with Gasteiger partial charge in [-0.3, -0.25) is 0 Å². The average molecular weight is 271 g/mol. The summed E-state index contributed by atoms with van der Waals surface area (Å²) in [6.07, 6.45) is 0.859. The molecule has 0 saturated heterocycles. The number of nitrogens with two attached hydrogens (primary N) is 1. The first-order valence-corrected chi connectivity index (χ1v) is 7.02. The Hall–Kier alpha value is -1.81. The van der Waals surface area contributed by atoms with Crippen molar-refractivity contribution in [2.75, 3.05) is 12.3 Å². The fourth-order valence-corrected chi connectivity index (χ4v) is 2.75. The molecule has 4 nitrogen and oxygen atoms in total. The van der Waals surface area contributed by atoms with Crippen LogP contribution in [0, 0.1) is 0 Å². The molecule has 1 aromatic carbocycles. The highest BCUT2D eigenvalue weighted by atomic mass is 16.5. The number of hydrogen-bond acceptors (Lipinski definition) is 3. The first-order chi connectivity index (χ1) is 9.48. The number of anilines is 1. The number of rotatable bonds is 1. The third-order valence-electron chi connectivity index (χ3n) is 3.79. The quantitative estimate of drug-likeness (QED) is 0.867. The lowest BCUT2D eigenvalue weighted by molar-refractivity contribution is 0.110. The van der Waals surface area contributed by atoms with Gasteiger partial charge in [-0.15, -0.1) is 0 Å². The van der Waals surface area contributed by atoms with Gasteiger partial charge in [0.05, 0.1) is 24.6 Å². The molecule has 0 spiro atoms. The highest BCUT2D eigenvalue weighted by Crippen LogP contribution is 2.31. The molecule has 2 N–H and O–H groups in total. The van der Waals surface area contributed by atoms with Crippen molar-refractivity contribution in [3.63, 3.8) is 0 Å². The van der Waals surface area contributed by atoms with E-state index in [2.05, 4.69) is 44.1 Å². The number of nitrogens with zero attached hydrogens (tertiary/aromatic N) is 2. The summed E-state index contributed by atoms with van der Waals surface area (Å²) in [7, 11) is 0. The van der Waals surface area contributed by atoms with Crippen LogP contribution in [0.5, 0.6) is 0 Å². The zero-order valence-electron chi connectivity index (χ0n) is 12.3. The van der Waals surface area contributed by atoms with Crippen molar-refractivity contribution in [1.82, 2.24) is 9.78 Å². The van der Waals surface area contributed by atoms with Gasteiger partial charge >= 0.3 is 0 Å². The molecule has 0 unspecified atom stereocenters. The summed E-state index contributed by atoms with van der Waals surface area (Å²) in [5, 5.41) is 4.55.